The number of fused-ring (bicyclic) bond motifs is 1. The molecule has 5 rings (SSSR count). The van der Waals surface area contributed by atoms with Crippen molar-refractivity contribution in [2.24, 2.45) is 0 Å². The van der Waals surface area contributed by atoms with E-state index in [1.54, 1.807) is 30.1 Å². The molecule has 0 radical (unpaired) electrons. The zero-order chi connectivity index (χ0) is 24.0. The van der Waals surface area contributed by atoms with Crippen LogP contribution in [0.4, 0.5) is 4.39 Å². The number of carbonyl (C=O) groups is 1. The van der Waals surface area contributed by atoms with Gasteiger partial charge in [-0.25, -0.2) is 14.4 Å². The Hall–Kier alpha value is -3.97. The van der Waals surface area contributed by atoms with Crippen LogP contribution < -0.4 is 5.32 Å². The number of hydrogen-bond donors (Lipinski definition) is 1. The maximum atomic E-state index is 13.0. The van der Waals surface area contributed by atoms with Gasteiger partial charge in [-0.15, -0.1) is 0 Å². The first-order chi connectivity index (χ1) is 17.2. The van der Waals surface area contributed by atoms with Crippen LogP contribution in [0.5, 0.6) is 0 Å². The fourth-order valence-electron chi connectivity index (χ4n) is 3.74. The molecule has 174 valence electrons. The van der Waals surface area contributed by atoms with Crippen molar-refractivity contribution in [3.8, 4) is 0 Å². The summed E-state index contributed by atoms with van der Waals surface area (Å²) < 4.78 is 15.2. The second kappa shape index (κ2) is 10.5. The Morgan fingerprint density at radius 1 is 0.857 bits per heavy atom. The third kappa shape index (κ3) is 5.58. The van der Waals surface area contributed by atoms with Gasteiger partial charge >= 0.3 is 0 Å². The van der Waals surface area contributed by atoms with Crippen molar-refractivity contribution >= 4 is 28.8 Å². The van der Waals surface area contributed by atoms with E-state index in [1.807, 2.05) is 54.6 Å². The Bertz CT molecular complexity index is 1430. The topological polar surface area (TPSA) is 59.8 Å². The summed E-state index contributed by atoms with van der Waals surface area (Å²) in [5, 5.41) is 3.78. The van der Waals surface area contributed by atoms with Crippen LogP contribution >= 0.6 is 11.8 Å². The molecule has 5 nitrogen and oxygen atoms in total. The predicted molar refractivity (Wildman–Crippen MR) is 137 cm³/mol. The molecule has 1 N–H and O–H groups in total. The third-order valence-corrected chi connectivity index (χ3v) is 6.65. The Kier molecular flexibility index (Phi) is 6.86. The van der Waals surface area contributed by atoms with E-state index in [-0.39, 0.29) is 11.7 Å². The van der Waals surface area contributed by atoms with E-state index in [2.05, 4.69) is 27.0 Å². The highest BCUT2D eigenvalue weighted by Gasteiger charge is 2.13. The van der Waals surface area contributed by atoms with E-state index >= 15 is 0 Å². The van der Waals surface area contributed by atoms with E-state index in [4.69, 9.17) is 4.98 Å². The van der Waals surface area contributed by atoms with E-state index < -0.39 is 0 Å². The number of halogens is 1. The van der Waals surface area contributed by atoms with Gasteiger partial charge in [0.25, 0.3) is 5.91 Å². The van der Waals surface area contributed by atoms with Crippen molar-refractivity contribution in [3.63, 3.8) is 0 Å². The average Bonchev–Trinajstić information content (AvgIpc) is 3.25. The van der Waals surface area contributed by atoms with Gasteiger partial charge in [0.15, 0.2) is 10.8 Å². The summed E-state index contributed by atoms with van der Waals surface area (Å²) in [5.74, 6) is 0.264. The smallest absolute Gasteiger partial charge is 0.251 e. The van der Waals surface area contributed by atoms with Crippen LogP contribution in [0.15, 0.2) is 102 Å². The zero-order valence-electron chi connectivity index (χ0n) is 18.9. The molecule has 0 spiro atoms. The summed E-state index contributed by atoms with van der Waals surface area (Å²) in [4.78, 5) is 21.8. The Morgan fingerprint density at radius 2 is 1.60 bits per heavy atom. The van der Waals surface area contributed by atoms with Gasteiger partial charge in [0.1, 0.15) is 11.3 Å². The first-order valence-corrected chi connectivity index (χ1v) is 12.2. The molecular formula is C28H23FN4OS. The molecule has 0 aliphatic rings. The number of aromatic nitrogens is 3. The minimum absolute atomic E-state index is 0.163. The number of imidazole rings is 1. The van der Waals surface area contributed by atoms with Gasteiger partial charge in [0, 0.05) is 24.1 Å². The van der Waals surface area contributed by atoms with Crippen molar-refractivity contribution in [3.05, 3.63) is 125 Å². The van der Waals surface area contributed by atoms with Gasteiger partial charge in [-0.05, 0) is 53.1 Å². The van der Waals surface area contributed by atoms with Gasteiger partial charge in [-0.2, -0.15) is 0 Å². The Labute approximate surface area is 207 Å². The van der Waals surface area contributed by atoms with Crippen LogP contribution in [-0.2, 0) is 18.8 Å². The van der Waals surface area contributed by atoms with Crippen LogP contribution in [0.25, 0.3) is 11.2 Å². The molecule has 7 heteroatoms. The lowest BCUT2D eigenvalue weighted by atomic mass is 10.1. The molecule has 0 saturated heterocycles. The van der Waals surface area contributed by atoms with Crippen LogP contribution in [0.3, 0.4) is 0 Å². The zero-order valence-corrected chi connectivity index (χ0v) is 19.7. The fraction of sp³-hybridized carbons (Fsp3) is 0.107. The summed E-state index contributed by atoms with van der Waals surface area (Å²) in [6, 6.07) is 27.8. The van der Waals surface area contributed by atoms with Crippen molar-refractivity contribution in [2.75, 3.05) is 0 Å². The predicted octanol–water partition coefficient (Wildman–Crippen LogP) is 5.84. The quantitative estimate of drug-likeness (QED) is 0.282. The lowest BCUT2D eigenvalue weighted by molar-refractivity contribution is 0.0951. The van der Waals surface area contributed by atoms with Crippen molar-refractivity contribution < 1.29 is 9.18 Å². The molecule has 2 aromatic heterocycles. The maximum absolute atomic E-state index is 13.0. The van der Waals surface area contributed by atoms with Gasteiger partial charge in [-0.1, -0.05) is 66.4 Å². The molecule has 35 heavy (non-hydrogen) atoms. The Morgan fingerprint density at radius 3 is 2.37 bits per heavy atom. The molecule has 0 saturated carbocycles. The third-order valence-electron chi connectivity index (χ3n) is 5.60. The number of hydrogen-bond acceptors (Lipinski definition) is 4. The summed E-state index contributed by atoms with van der Waals surface area (Å²) in [7, 11) is 0. The number of pyridine rings is 1. The monoisotopic (exact) mass is 482 g/mol. The fourth-order valence-corrected chi connectivity index (χ4v) is 4.70. The van der Waals surface area contributed by atoms with Gasteiger partial charge < -0.3 is 5.32 Å². The molecule has 0 bridgehead atoms. The normalized spacial score (nSPS) is 11.0. The summed E-state index contributed by atoms with van der Waals surface area (Å²) in [6.07, 6.45) is 1.79. The molecule has 0 fully saturated rings. The molecular weight excluding hydrogens is 459 g/mol. The minimum atomic E-state index is -0.291. The minimum Gasteiger partial charge on any atom is -0.348 e. The first-order valence-electron chi connectivity index (χ1n) is 11.3. The number of amides is 1. The molecule has 5 aromatic rings. The maximum Gasteiger partial charge on any atom is 0.251 e. The molecule has 0 atom stereocenters. The summed E-state index contributed by atoms with van der Waals surface area (Å²) in [5.41, 5.74) is 5.46. The number of carbonyl (C=O) groups excluding carboxylic acids is 1. The Balaban J connectivity index is 1.25. The van der Waals surface area contributed by atoms with E-state index in [1.165, 1.54) is 17.7 Å². The molecule has 0 unspecified atom stereocenters. The van der Waals surface area contributed by atoms with Gasteiger partial charge in [0.05, 0.1) is 6.54 Å². The number of thioether (sulfide) groups is 1. The number of benzene rings is 3. The lowest BCUT2D eigenvalue weighted by Gasteiger charge is -2.09. The van der Waals surface area contributed by atoms with Crippen molar-refractivity contribution in [2.45, 2.75) is 24.0 Å². The van der Waals surface area contributed by atoms with Gasteiger partial charge in [0.2, 0.25) is 0 Å². The van der Waals surface area contributed by atoms with Crippen LogP contribution in [0, 0.1) is 5.82 Å². The summed E-state index contributed by atoms with van der Waals surface area (Å²) >= 11 is 1.65. The first kappa shape index (κ1) is 22.8. The molecule has 2 heterocycles. The highest BCUT2D eigenvalue weighted by molar-refractivity contribution is 7.98. The number of nitrogens with zero attached hydrogens (tertiary/aromatic N) is 3. The van der Waals surface area contributed by atoms with Crippen molar-refractivity contribution in [1.82, 2.24) is 19.9 Å². The SMILES string of the molecule is O=C(NCc1ccc(F)cc1)c1ccc(CSc2nc3cccnc3n2Cc2ccccc2)cc1. The second-order valence-corrected chi connectivity index (χ2v) is 9.05. The van der Waals surface area contributed by atoms with E-state index in [0.29, 0.717) is 18.7 Å². The van der Waals surface area contributed by atoms with Gasteiger partial charge in [-0.3, -0.25) is 9.36 Å². The lowest BCUT2D eigenvalue weighted by Crippen LogP contribution is -2.22. The molecule has 0 aliphatic heterocycles. The van der Waals surface area contributed by atoms with E-state index in [9.17, 15) is 9.18 Å². The number of rotatable bonds is 8. The average molecular weight is 483 g/mol. The second-order valence-electron chi connectivity index (χ2n) is 8.11. The van der Waals surface area contributed by atoms with Crippen LogP contribution in [-0.4, -0.2) is 20.4 Å². The molecule has 0 aliphatic carbocycles. The van der Waals surface area contributed by atoms with Crippen LogP contribution in [0.2, 0.25) is 0 Å². The van der Waals surface area contributed by atoms with Crippen LogP contribution in [0.1, 0.15) is 27.0 Å². The van der Waals surface area contributed by atoms with E-state index in [0.717, 1.165) is 33.2 Å². The standard InChI is InChI=1S/C28H23FN4OS/c29-24-14-10-20(11-15-24)17-31-27(34)23-12-8-22(9-13-23)19-35-28-32-25-7-4-16-30-26(25)33(28)18-21-5-2-1-3-6-21/h1-16H,17-19H2,(H,31,34). The summed E-state index contributed by atoms with van der Waals surface area (Å²) in [6.45, 7) is 1.05. The molecule has 1 amide bonds. The number of nitrogens with one attached hydrogen (secondary N) is 1. The van der Waals surface area contributed by atoms with Crippen molar-refractivity contribution in [1.29, 1.82) is 0 Å². The highest BCUT2D eigenvalue weighted by atomic mass is 32.2. The largest absolute Gasteiger partial charge is 0.348 e. The highest BCUT2D eigenvalue weighted by Crippen LogP contribution is 2.27. The molecule has 3 aromatic carbocycles.